The number of ether oxygens (including phenoxy) is 1. The molecule has 0 radical (unpaired) electrons. The van der Waals surface area contributed by atoms with Crippen LogP contribution in [-0.2, 0) is 4.74 Å². The third-order valence-electron chi connectivity index (χ3n) is 3.66. The zero-order valence-corrected chi connectivity index (χ0v) is 9.45. The molecule has 0 spiro atoms. The van der Waals surface area contributed by atoms with E-state index in [0.29, 0.717) is 5.92 Å². The van der Waals surface area contributed by atoms with E-state index in [1.54, 1.807) is 0 Å². The summed E-state index contributed by atoms with van der Waals surface area (Å²) in [4.78, 5) is 0. The van der Waals surface area contributed by atoms with Crippen molar-refractivity contribution in [2.45, 2.75) is 38.9 Å². The molecule has 0 amide bonds. The molecule has 1 aliphatic rings. The van der Waals surface area contributed by atoms with Crippen LogP contribution in [0.15, 0.2) is 0 Å². The summed E-state index contributed by atoms with van der Waals surface area (Å²) in [5, 5.41) is 0. The maximum Gasteiger partial charge on any atom is 0.0617 e. The summed E-state index contributed by atoms with van der Waals surface area (Å²) in [5.74, 6) is 0.637. The molecule has 0 N–H and O–H groups in total. The molecule has 1 heterocycles. The zero-order valence-electron chi connectivity index (χ0n) is 8.55. The minimum Gasteiger partial charge on any atom is -0.379 e. The first-order valence-electron chi connectivity index (χ1n) is 4.76. The van der Waals surface area contributed by atoms with Gasteiger partial charge in [0.05, 0.1) is 13.2 Å². The van der Waals surface area contributed by atoms with E-state index in [1.807, 2.05) is 0 Å². The molecule has 12 heavy (non-hydrogen) atoms. The maximum atomic E-state index is 5.55. The first-order valence-corrected chi connectivity index (χ1v) is 5.21. The Balaban J connectivity index is 2.88. The average molecular weight is 188 g/mol. The molecule has 0 bridgehead atoms. The molecule has 1 nitrogen and oxygen atoms in total. The molecule has 1 saturated heterocycles. The summed E-state index contributed by atoms with van der Waals surface area (Å²) in [6.07, 6.45) is 1.09. The van der Waals surface area contributed by atoms with Crippen molar-refractivity contribution < 1.29 is 4.74 Å². The van der Waals surface area contributed by atoms with Crippen molar-refractivity contribution in [2.75, 3.05) is 13.2 Å². The third kappa shape index (κ3) is 1.29. The second-order valence-corrected chi connectivity index (χ2v) is 5.31. The topological polar surface area (TPSA) is 9.23 Å². The van der Waals surface area contributed by atoms with Crippen LogP contribution in [0.5, 0.6) is 0 Å². The Hall–Kier alpha value is 0.310. The molecule has 1 aliphatic heterocycles. The van der Waals surface area contributed by atoms with Crippen molar-refractivity contribution in [3.05, 3.63) is 0 Å². The highest BCUT2D eigenvalue weighted by Crippen LogP contribution is 2.49. The van der Waals surface area contributed by atoms with Crippen LogP contribution in [0.1, 0.15) is 34.1 Å². The van der Waals surface area contributed by atoms with Gasteiger partial charge in [0.25, 0.3) is 0 Å². The molecule has 1 fully saturated rings. The lowest BCUT2D eigenvalue weighted by Crippen LogP contribution is -2.43. The molecule has 0 aromatic rings. The molecule has 0 aromatic carbocycles. The summed E-state index contributed by atoms with van der Waals surface area (Å²) in [5.41, 5.74) is 0.241. The summed E-state index contributed by atoms with van der Waals surface area (Å²) in [7, 11) is 0. The summed E-state index contributed by atoms with van der Waals surface area (Å²) >= 11 is 4.78. The Morgan fingerprint density at radius 3 is 2.33 bits per heavy atom. The lowest BCUT2D eigenvalue weighted by atomic mass is 9.70. The van der Waals surface area contributed by atoms with Gasteiger partial charge in [-0.25, -0.2) is 0 Å². The van der Waals surface area contributed by atoms with Crippen LogP contribution in [0.3, 0.4) is 0 Å². The Bertz CT molecular complexity index is 169. The van der Waals surface area contributed by atoms with Crippen LogP contribution >= 0.6 is 12.6 Å². The maximum absolute atomic E-state index is 5.55. The number of hydrogen-bond donors (Lipinski definition) is 1. The predicted molar refractivity (Wildman–Crippen MR) is 55.8 cm³/mol. The second kappa shape index (κ2) is 3.22. The van der Waals surface area contributed by atoms with E-state index in [0.717, 1.165) is 19.6 Å². The first-order chi connectivity index (χ1) is 5.46. The van der Waals surface area contributed by atoms with Crippen LogP contribution in [0.4, 0.5) is 0 Å². The van der Waals surface area contributed by atoms with Gasteiger partial charge in [-0.15, -0.1) is 0 Å². The Labute approximate surface area is 81.3 Å². The van der Waals surface area contributed by atoms with Crippen molar-refractivity contribution in [3.63, 3.8) is 0 Å². The average Bonchev–Trinajstić information content (AvgIpc) is 2.31. The molecule has 0 aromatic heterocycles. The lowest BCUT2D eigenvalue weighted by molar-refractivity contribution is 0.128. The fourth-order valence-corrected chi connectivity index (χ4v) is 2.36. The Morgan fingerprint density at radius 1 is 1.42 bits per heavy atom. The van der Waals surface area contributed by atoms with Crippen LogP contribution in [0, 0.1) is 11.3 Å². The van der Waals surface area contributed by atoms with Gasteiger partial charge in [0.1, 0.15) is 0 Å². The van der Waals surface area contributed by atoms with E-state index < -0.39 is 0 Å². The molecule has 2 atom stereocenters. The van der Waals surface area contributed by atoms with Gasteiger partial charge in [0.2, 0.25) is 0 Å². The van der Waals surface area contributed by atoms with E-state index in [9.17, 15) is 0 Å². The van der Waals surface area contributed by atoms with E-state index in [4.69, 9.17) is 17.4 Å². The summed E-state index contributed by atoms with van der Waals surface area (Å²) in [6.45, 7) is 10.7. The van der Waals surface area contributed by atoms with Gasteiger partial charge >= 0.3 is 0 Å². The molecule has 0 aliphatic carbocycles. The number of rotatable bonds is 2. The van der Waals surface area contributed by atoms with Crippen LogP contribution < -0.4 is 0 Å². The van der Waals surface area contributed by atoms with Crippen LogP contribution in [0.25, 0.3) is 0 Å². The highest BCUT2D eigenvalue weighted by molar-refractivity contribution is 7.81. The monoisotopic (exact) mass is 188 g/mol. The van der Waals surface area contributed by atoms with Gasteiger partial charge in [-0.3, -0.25) is 0 Å². The van der Waals surface area contributed by atoms with E-state index in [-0.39, 0.29) is 10.2 Å². The zero-order chi connectivity index (χ0) is 9.41. The molecule has 2 heteroatoms. The molecule has 1 rings (SSSR count). The number of thiol groups is 1. The van der Waals surface area contributed by atoms with Crippen LogP contribution in [-0.4, -0.2) is 18.0 Å². The number of hydrogen-bond acceptors (Lipinski definition) is 2. The van der Waals surface area contributed by atoms with Crippen molar-refractivity contribution >= 4 is 12.6 Å². The summed E-state index contributed by atoms with van der Waals surface area (Å²) in [6, 6.07) is 0. The van der Waals surface area contributed by atoms with Crippen LogP contribution in [0.2, 0.25) is 0 Å². The van der Waals surface area contributed by atoms with E-state index in [1.165, 1.54) is 0 Å². The fourth-order valence-electron chi connectivity index (χ4n) is 1.94. The SMILES string of the molecule is CC[C@]1(S)COC[C@@]1(C)C(C)C. The summed E-state index contributed by atoms with van der Waals surface area (Å²) < 4.78 is 5.64. The third-order valence-corrected chi connectivity index (χ3v) is 4.62. The van der Waals surface area contributed by atoms with E-state index >= 15 is 0 Å². The highest BCUT2D eigenvalue weighted by Gasteiger charge is 2.51. The van der Waals surface area contributed by atoms with Crippen molar-refractivity contribution in [1.29, 1.82) is 0 Å². The standard InChI is InChI=1S/C10H20OS/c1-5-10(12)7-11-6-9(10,4)8(2)3/h8,12H,5-7H2,1-4H3/t9-,10-/m0/s1. The normalized spacial score (nSPS) is 42.5. The highest BCUT2D eigenvalue weighted by atomic mass is 32.1. The minimum absolute atomic E-state index is 0.0845. The minimum atomic E-state index is 0.0845. The molecular formula is C10H20OS. The Morgan fingerprint density at radius 2 is 2.00 bits per heavy atom. The van der Waals surface area contributed by atoms with Gasteiger partial charge in [-0.05, 0) is 12.3 Å². The first kappa shape index (κ1) is 10.4. The predicted octanol–water partition coefficient (Wildman–Crippen LogP) is 2.76. The van der Waals surface area contributed by atoms with Crippen molar-refractivity contribution in [2.24, 2.45) is 11.3 Å². The molecule has 0 unspecified atom stereocenters. The van der Waals surface area contributed by atoms with Gasteiger partial charge < -0.3 is 4.74 Å². The molecular weight excluding hydrogens is 168 g/mol. The molecule has 72 valence electrons. The van der Waals surface area contributed by atoms with Gasteiger partial charge in [0.15, 0.2) is 0 Å². The van der Waals surface area contributed by atoms with Crippen molar-refractivity contribution in [3.8, 4) is 0 Å². The Kier molecular flexibility index (Phi) is 2.79. The quantitative estimate of drug-likeness (QED) is 0.656. The fraction of sp³-hybridized carbons (Fsp3) is 1.00. The van der Waals surface area contributed by atoms with Gasteiger partial charge in [-0.2, -0.15) is 12.6 Å². The van der Waals surface area contributed by atoms with Crippen molar-refractivity contribution in [1.82, 2.24) is 0 Å². The van der Waals surface area contributed by atoms with E-state index in [2.05, 4.69) is 27.7 Å². The van der Waals surface area contributed by atoms with Gasteiger partial charge in [0, 0.05) is 10.2 Å². The molecule has 0 saturated carbocycles. The largest absolute Gasteiger partial charge is 0.379 e. The smallest absolute Gasteiger partial charge is 0.0617 e. The van der Waals surface area contributed by atoms with Gasteiger partial charge in [-0.1, -0.05) is 27.7 Å². The lowest BCUT2D eigenvalue weighted by Gasteiger charge is -2.41. The second-order valence-electron chi connectivity index (χ2n) is 4.45.